The van der Waals surface area contributed by atoms with Crippen molar-refractivity contribution in [1.82, 2.24) is 5.32 Å². The summed E-state index contributed by atoms with van der Waals surface area (Å²) in [6.07, 6.45) is -0.505. The SMILES string of the molecule is CC(OCc1ccccc1)C(=O)NC(C)c1ccc(Cl)cc1. The molecule has 2 unspecified atom stereocenters. The van der Waals surface area contributed by atoms with E-state index in [4.69, 9.17) is 16.3 Å². The second-order valence-corrected chi connectivity index (χ2v) is 5.66. The third-order valence-electron chi connectivity index (χ3n) is 3.44. The predicted octanol–water partition coefficient (Wildman–Crippen LogP) is 4.12. The van der Waals surface area contributed by atoms with Crippen LogP contribution in [0.5, 0.6) is 0 Å². The summed E-state index contributed by atoms with van der Waals surface area (Å²) in [4.78, 5) is 12.2. The van der Waals surface area contributed by atoms with E-state index in [0.717, 1.165) is 11.1 Å². The molecule has 0 radical (unpaired) electrons. The fraction of sp³-hybridized carbons (Fsp3) is 0.278. The van der Waals surface area contributed by atoms with Crippen molar-refractivity contribution in [3.8, 4) is 0 Å². The summed E-state index contributed by atoms with van der Waals surface area (Å²) in [6, 6.07) is 17.1. The number of benzene rings is 2. The zero-order valence-corrected chi connectivity index (χ0v) is 13.5. The lowest BCUT2D eigenvalue weighted by atomic mass is 10.1. The van der Waals surface area contributed by atoms with Crippen molar-refractivity contribution in [3.05, 3.63) is 70.7 Å². The van der Waals surface area contributed by atoms with E-state index in [-0.39, 0.29) is 11.9 Å². The minimum atomic E-state index is -0.505. The first-order chi connectivity index (χ1) is 10.6. The Balaban J connectivity index is 1.84. The van der Waals surface area contributed by atoms with Gasteiger partial charge in [-0.15, -0.1) is 0 Å². The van der Waals surface area contributed by atoms with E-state index >= 15 is 0 Å². The van der Waals surface area contributed by atoms with Crippen LogP contribution in [-0.4, -0.2) is 12.0 Å². The number of nitrogens with one attached hydrogen (secondary N) is 1. The van der Waals surface area contributed by atoms with Crippen LogP contribution in [0.15, 0.2) is 54.6 Å². The Bertz CT molecular complexity index is 598. The van der Waals surface area contributed by atoms with Crippen LogP contribution in [0, 0.1) is 0 Å². The van der Waals surface area contributed by atoms with E-state index in [0.29, 0.717) is 11.6 Å². The van der Waals surface area contributed by atoms with Gasteiger partial charge in [0.15, 0.2) is 0 Å². The molecular weight excluding hydrogens is 298 g/mol. The van der Waals surface area contributed by atoms with Crippen LogP contribution >= 0.6 is 11.6 Å². The van der Waals surface area contributed by atoms with Crippen molar-refractivity contribution in [2.24, 2.45) is 0 Å². The van der Waals surface area contributed by atoms with Crippen molar-refractivity contribution < 1.29 is 9.53 Å². The first-order valence-corrected chi connectivity index (χ1v) is 7.65. The average Bonchev–Trinajstić information content (AvgIpc) is 2.54. The minimum absolute atomic E-state index is 0.0902. The minimum Gasteiger partial charge on any atom is -0.364 e. The van der Waals surface area contributed by atoms with Crippen LogP contribution in [0.2, 0.25) is 5.02 Å². The fourth-order valence-corrected chi connectivity index (χ4v) is 2.16. The molecular formula is C18H20ClNO2. The lowest BCUT2D eigenvalue weighted by Crippen LogP contribution is -2.36. The maximum absolute atomic E-state index is 12.2. The molecule has 0 aliphatic rings. The van der Waals surface area contributed by atoms with Crippen LogP contribution in [0.3, 0.4) is 0 Å². The standard InChI is InChI=1S/C18H20ClNO2/c1-13(16-8-10-17(19)11-9-16)20-18(21)14(2)22-12-15-6-4-3-5-7-15/h3-11,13-14H,12H2,1-2H3,(H,20,21). The molecule has 0 aliphatic carbocycles. The molecule has 2 aromatic rings. The zero-order chi connectivity index (χ0) is 15.9. The highest BCUT2D eigenvalue weighted by Gasteiger charge is 2.16. The van der Waals surface area contributed by atoms with Gasteiger partial charge in [-0.25, -0.2) is 0 Å². The third-order valence-corrected chi connectivity index (χ3v) is 3.69. The summed E-state index contributed by atoms with van der Waals surface area (Å²) in [5.41, 5.74) is 2.06. The maximum Gasteiger partial charge on any atom is 0.249 e. The van der Waals surface area contributed by atoms with Crippen LogP contribution in [0.25, 0.3) is 0 Å². The summed E-state index contributed by atoms with van der Waals surface area (Å²) in [7, 11) is 0. The molecule has 0 heterocycles. The summed E-state index contributed by atoms with van der Waals surface area (Å²) >= 11 is 5.86. The smallest absolute Gasteiger partial charge is 0.249 e. The molecule has 22 heavy (non-hydrogen) atoms. The Morgan fingerprint density at radius 3 is 2.36 bits per heavy atom. The van der Waals surface area contributed by atoms with Gasteiger partial charge >= 0.3 is 0 Å². The monoisotopic (exact) mass is 317 g/mol. The van der Waals surface area contributed by atoms with Crippen molar-refractivity contribution in [2.45, 2.75) is 32.6 Å². The molecule has 1 amide bonds. The summed E-state index contributed by atoms with van der Waals surface area (Å²) < 4.78 is 5.61. The quantitative estimate of drug-likeness (QED) is 0.870. The lowest BCUT2D eigenvalue weighted by Gasteiger charge is -2.18. The number of carbonyl (C=O) groups is 1. The highest BCUT2D eigenvalue weighted by molar-refractivity contribution is 6.30. The molecule has 0 aliphatic heterocycles. The van der Waals surface area contributed by atoms with E-state index in [2.05, 4.69) is 5.32 Å². The summed E-state index contributed by atoms with van der Waals surface area (Å²) in [6.45, 7) is 4.11. The molecule has 2 rings (SSSR count). The highest BCUT2D eigenvalue weighted by atomic mass is 35.5. The van der Waals surface area contributed by atoms with Gasteiger partial charge in [-0.3, -0.25) is 4.79 Å². The Morgan fingerprint density at radius 1 is 1.09 bits per heavy atom. The molecule has 2 aromatic carbocycles. The van der Waals surface area contributed by atoms with E-state index in [1.807, 2.05) is 61.5 Å². The van der Waals surface area contributed by atoms with Gasteiger partial charge in [0.25, 0.3) is 0 Å². The molecule has 4 heteroatoms. The molecule has 3 nitrogen and oxygen atoms in total. The molecule has 0 bridgehead atoms. The Hall–Kier alpha value is -1.84. The van der Waals surface area contributed by atoms with E-state index in [9.17, 15) is 4.79 Å². The molecule has 0 aromatic heterocycles. The largest absolute Gasteiger partial charge is 0.364 e. The number of ether oxygens (including phenoxy) is 1. The van der Waals surface area contributed by atoms with Gasteiger partial charge in [0.2, 0.25) is 5.91 Å². The van der Waals surface area contributed by atoms with Crippen molar-refractivity contribution in [3.63, 3.8) is 0 Å². The Morgan fingerprint density at radius 2 is 1.73 bits per heavy atom. The van der Waals surface area contributed by atoms with E-state index in [1.165, 1.54) is 0 Å². The first-order valence-electron chi connectivity index (χ1n) is 7.27. The molecule has 0 saturated carbocycles. The molecule has 0 saturated heterocycles. The zero-order valence-electron chi connectivity index (χ0n) is 12.8. The van der Waals surface area contributed by atoms with Gasteiger partial charge in [0.1, 0.15) is 6.10 Å². The topological polar surface area (TPSA) is 38.3 Å². The third kappa shape index (κ3) is 4.86. The van der Waals surface area contributed by atoms with Gasteiger partial charge in [-0.1, -0.05) is 54.1 Å². The molecule has 1 N–H and O–H groups in total. The number of halogens is 1. The van der Waals surface area contributed by atoms with Crippen molar-refractivity contribution >= 4 is 17.5 Å². The van der Waals surface area contributed by atoms with Crippen molar-refractivity contribution in [1.29, 1.82) is 0 Å². The molecule has 116 valence electrons. The number of hydrogen-bond donors (Lipinski definition) is 1. The molecule has 0 spiro atoms. The summed E-state index contributed by atoms with van der Waals surface area (Å²) in [5.74, 6) is -0.126. The lowest BCUT2D eigenvalue weighted by molar-refractivity contribution is -0.133. The normalized spacial score (nSPS) is 13.4. The number of hydrogen-bond acceptors (Lipinski definition) is 2. The number of rotatable bonds is 6. The number of amides is 1. The summed E-state index contributed by atoms with van der Waals surface area (Å²) in [5, 5.41) is 3.63. The van der Waals surface area contributed by atoms with Gasteiger partial charge < -0.3 is 10.1 Å². The second-order valence-electron chi connectivity index (χ2n) is 5.22. The van der Waals surface area contributed by atoms with Crippen LogP contribution < -0.4 is 5.32 Å². The Labute approximate surface area is 136 Å². The van der Waals surface area contributed by atoms with E-state index in [1.54, 1.807) is 6.92 Å². The number of carbonyl (C=O) groups excluding carboxylic acids is 1. The highest BCUT2D eigenvalue weighted by Crippen LogP contribution is 2.16. The first kappa shape index (κ1) is 16.5. The van der Waals surface area contributed by atoms with Crippen LogP contribution in [-0.2, 0) is 16.1 Å². The maximum atomic E-state index is 12.2. The van der Waals surface area contributed by atoms with Gasteiger partial charge in [0.05, 0.1) is 12.6 Å². The van der Waals surface area contributed by atoms with Gasteiger partial charge in [-0.05, 0) is 37.1 Å². The predicted molar refractivity (Wildman–Crippen MR) is 88.7 cm³/mol. The van der Waals surface area contributed by atoms with Gasteiger partial charge in [0, 0.05) is 5.02 Å². The molecule has 2 atom stereocenters. The van der Waals surface area contributed by atoms with Crippen LogP contribution in [0.1, 0.15) is 31.0 Å². The molecule has 0 fully saturated rings. The van der Waals surface area contributed by atoms with Crippen LogP contribution in [0.4, 0.5) is 0 Å². The van der Waals surface area contributed by atoms with Crippen molar-refractivity contribution in [2.75, 3.05) is 0 Å². The fourth-order valence-electron chi connectivity index (χ4n) is 2.04. The Kier molecular flexibility index (Phi) is 5.99. The van der Waals surface area contributed by atoms with E-state index < -0.39 is 6.10 Å². The second kappa shape index (κ2) is 7.97. The van der Waals surface area contributed by atoms with Gasteiger partial charge in [-0.2, -0.15) is 0 Å². The average molecular weight is 318 g/mol.